The van der Waals surface area contributed by atoms with E-state index in [0.717, 1.165) is 23.8 Å². The normalized spacial score (nSPS) is 10.6. The molecule has 0 fully saturated rings. The number of nitrogens with zero attached hydrogens (tertiary/aromatic N) is 1. The first-order valence-corrected chi connectivity index (χ1v) is 13.0. The Morgan fingerprint density at radius 3 is 1.50 bits per heavy atom. The fraction of sp³-hybridized carbons (Fsp3) is 1.00. The van der Waals surface area contributed by atoms with E-state index >= 15 is 0 Å². The molecule has 1 N–H and O–H groups in total. The average Bonchev–Trinajstić information content (AvgIpc) is 2.53. The highest BCUT2D eigenvalue weighted by Crippen LogP contribution is 2.03. The van der Waals surface area contributed by atoms with Gasteiger partial charge in [0.2, 0.25) is 0 Å². The molecule has 136 valence electrons. The zero-order chi connectivity index (χ0) is 16.9. The Morgan fingerprint density at radius 2 is 1.14 bits per heavy atom. The van der Waals surface area contributed by atoms with E-state index in [0.29, 0.717) is 0 Å². The fourth-order valence-corrected chi connectivity index (χ4v) is 4.62. The molecular formula is C14H34N2S6. The third-order valence-corrected chi connectivity index (χ3v) is 6.93. The topological polar surface area (TPSA) is 15.3 Å². The molecule has 0 saturated carbocycles. The van der Waals surface area contributed by atoms with Gasteiger partial charge in [-0.25, -0.2) is 0 Å². The highest BCUT2D eigenvalue weighted by atomic mass is 32.2. The number of hydrogen-bond donors (Lipinski definition) is 4. The minimum atomic E-state index is 0.992. The molecule has 0 aromatic rings. The molecule has 0 rings (SSSR count). The van der Waals surface area contributed by atoms with Crippen molar-refractivity contribution in [1.29, 1.82) is 0 Å². The lowest BCUT2D eigenvalue weighted by Crippen LogP contribution is -2.24. The molecule has 0 saturated heterocycles. The van der Waals surface area contributed by atoms with Crippen molar-refractivity contribution in [3.8, 4) is 0 Å². The lowest BCUT2D eigenvalue weighted by molar-refractivity contribution is 0.380. The van der Waals surface area contributed by atoms with E-state index < -0.39 is 0 Å². The zero-order valence-corrected chi connectivity index (χ0v) is 19.1. The van der Waals surface area contributed by atoms with Crippen LogP contribution in [-0.4, -0.2) is 90.4 Å². The van der Waals surface area contributed by atoms with Crippen LogP contribution in [0.25, 0.3) is 0 Å². The van der Waals surface area contributed by atoms with Crippen molar-refractivity contribution in [3.05, 3.63) is 0 Å². The maximum atomic E-state index is 4.18. The Bertz CT molecular complexity index is 171. The van der Waals surface area contributed by atoms with Crippen LogP contribution in [0.3, 0.4) is 0 Å². The summed E-state index contributed by atoms with van der Waals surface area (Å²) in [5.41, 5.74) is 0. The highest BCUT2D eigenvalue weighted by Gasteiger charge is 1.97. The van der Waals surface area contributed by atoms with Gasteiger partial charge < -0.3 is 10.2 Å². The van der Waals surface area contributed by atoms with Crippen molar-refractivity contribution in [2.24, 2.45) is 0 Å². The summed E-state index contributed by atoms with van der Waals surface area (Å²) in [5, 5.41) is 3.08. The summed E-state index contributed by atoms with van der Waals surface area (Å²) >= 11 is 18.4. The molecule has 0 bridgehead atoms. The van der Waals surface area contributed by atoms with Crippen molar-refractivity contribution >= 4 is 73.2 Å². The van der Waals surface area contributed by atoms with Gasteiger partial charge in [0.25, 0.3) is 0 Å². The Balaban J connectivity index is 0. The van der Waals surface area contributed by atoms with Gasteiger partial charge in [-0.3, -0.25) is 0 Å². The predicted octanol–water partition coefficient (Wildman–Crippen LogP) is 3.11. The van der Waals surface area contributed by atoms with Crippen molar-refractivity contribution in [1.82, 2.24) is 10.2 Å². The number of thioether (sulfide) groups is 3. The van der Waals surface area contributed by atoms with Gasteiger partial charge in [-0.1, -0.05) is 0 Å². The van der Waals surface area contributed by atoms with Crippen molar-refractivity contribution in [3.63, 3.8) is 0 Å². The summed E-state index contributed by atoms with van der Waals surface area (Å²) in [6, 6.07) is 0. The maximum absolute atomic E-state index is 4.18. The number of rotatable bonds is 15. The summed E-state index contributed by atoms with van der Waals surface area (Å²) in [7, 11) is 4.17. The first kappa shape index (κ1) is 26.3. The van der Waals surface area contributed by atoms with Gasteiger partial charge >= 0.3 is 0 Å². The predicted molar refractivity (Wildman–Crippen MR) is 125 cm³/mol. The zero-order valence-electron chi connectivity index (χ0n) is 14.0. The summed E-state index contributed by atoms with van der Waals surface area (Å²) in [5.74, 6) is 10.2. The van der Waals surface area contributed by atoms with E-state index in [1.165, 1.54) is 47.6 Å². The smallest absolute Gasteiger partial charge is 0.00696 e. The monoisotopic (exact) mass is 422 g/mol. The van der Waals surface area contributed by atoms with Crippen LogP contribution in [-0.2, 0) is 0 Å². The molecule has 0 aromatic carbocycles. The first-order chi connectivity index (χ1) is 10.7. The molecule has 0 aliphatic rings. The van der Waals surface area contributed by atoms with Gasteiger partial charge in [-0.2, -0.15) is 73.2 Å². The average molecular weight is 423 g/mol. The van der Waals surface area contributed by atoms with Crippen LogP contribution in [0.1, 0.15) is 0 Å². The van der Waals surface area contributed by atoms with Crippen LogP contribution in [0.5, 0.6) is 0 Å². The Hall–Kier alpha value is 2.02. The summed E-state index contributed by atoms with van der Waals surface area (Å²) in [4.78, 5) is 2.40. The summed E-state index contributed by atoms with van der Waals surface area (Å²) < 4.78 is 0. The third kappa shape index (κ3) is 26.9. The number of hydrogen-bond acceptors (Lipinski definition) is 8. The van der Waals surface area contributed by atoms with E-state index in [4.69, 9.17) is 0 Å². The second-order valence-corrected chi connectivity index (χ2v) is 9.43. The van der Waals surface area contributed by atoms with Crippen LogP contribution < -0.4 is 5.32 Å². The minimum absolute atomic E-state index is 0.992. The second-order valence-electron chi connectivity index (χ2n) is 4.41. The second kappa shape index (κ2) is 25.3. The van der Waals surface area contributed by atoms with Gasteiger partial charge in [0.05, 0.1) is 0 Å². The van der Waals surface area contributed by atoms with E-state index in [-0.39, 0.29) is 0 Å². The third-order valence-electron chi connectivity index (χ3n) is 2.44. The molecule has 0 radical (unpaired) electrons. The Labute approximate surface area is 168 Å². The fourth-order valence-electron chi connectivity index (χ4n) is 1.23. The van der Waals surface area contributed by atoms with Crippen LogP contribution in [0.2, 0.25) is 0 Å². The molecule has 2 nitrogen and oxygen atoms in total. The molecule has 0 amide bonds. The molecule has 0 aliphatic carbocycles. The van der Waals surface area contributed by atoms with Crippen LogP contribution in [0.4, 0.5) is 0 Å². The molecule has 8 heteroatoms. The highest BCUT2D eigenvalue weighted by molar-refractivity contribution is 8.00. The van der Waals surface area contributed by atoms with Crippen molar-refractivity contribution in [2.45, 2.75) is 0 Å². The van der Waals surface area contributed by atoms with E-state index in [1.54, 1.807) is 0 Å². The molecule has 0 atom stereocenters. The quantitative estimate of drug-likeness (QED) is 0.239. The van der Waals surface area contributed by atoms with Gasteiger partial charge in [0.15, 0.2) is 0 Å². The number of nitrogens with one attached hydrogen (secondary N) is 1. The molecule has 0 heterocycles. The van der Waals surface area contributed by atoms with E-state index in [2.05, 4.69) is 55.2 Å². The van der Waals surface area contributed by atoms with Crippen molar-refractivity contribution in [2.75, 3.05) is 85.5 Å². The standard InChI is InChI=1S/C9H21NS4.C5H13NS2/c1-10(2-6-13-8-4-11)3-7-14-9-5-12;1-6-2-4-8-5-3-7/h11-12H,2-9H2,1H3;6-7H,2-5H2,1H3. The Morgan fingerprint density at radius 1 is 0.727 bits per heavy atom. The van der Waals surface area contributed by atoms with Gasteiger partial charge in [-0.05, 0) is 31.4 Å². The van der Waals surface area contributed by atoms with Crippen LogP contribution in [0.15, 0.2) is 0 Å². The lowest BCUT2D eigenvalue weighted by Gasteiger charge is -2.15. The van der Waals surface area contributed by atoms with Gasteiger partial charge in [0, 0.05) is 54.2 Å². The summed E-state index contributed by atoms with van der Waals surface area (Å²) in [6.45, 7) is 3.50. The molecule has 0 unspecified atom stereocenters. The number of thiol groups is 3. The molecule has 0 aromatic heterocycles. The maximum Gasteiger partial charge on any atom is 0.00696 e. The molecule has 0 spiro atoms. The Kier molecular flexibility index (Phi) is 30.1. The summed E-state index contributed by atoms with van der Waals surface area (Å²) in [6.07, 6.45) is 0. The minimum Gasteiger partial charge on any atom is -0.319 e. The van der Waals surface area contributed by atoms with Crippen LogP contribution in [0, 0.1) is 0 Å². The SMILES string of the molecule is CN(CCSCCS)CCSCCS.CNCCSCCS. The first-order valence-electron chi connectivity index (χ1n) is 7.61. The molecule has 0 aliphatic heterocycles. The van der Waals surface area contributed by atoms with E-state index in [9.17, 15) is 0 Å². The van der Waals surface area contributed by atoms with E-state index in [1.807, 2.05) is 42.3 Å². The molecular weight excluding hydrogens is 389 g/mol. The van der Waals surface area contributed by atoms with Crippen molar-refractivity contribution < 1.29 is 0 Å². The largest absolute Gasteiger partial charge is 0.319 e. The lowest BCUT2D eigenvalue weighted by atomic mass is 10.6. The van der Waals surface area contributed by atoms with Gasteiger partial charge in [0.1, 0.15) is 0 Å². The molecule has 22 heavy (non-hydrogen) atoms. The van der Waals surface area contributed by atoms with Crippen LogP contribution >= 0.6 is 73.2 Å². The van der Waals surface area contributed by atoms with Gasteiger partial charge in [-0.15, -0.1) is 0 Å².